The van der Waals surface area contributed by atoms with Gasteiger partial charge in [0.15, 0.2) is 5.82 Å². The number of hydrogen-bond acceptors (Lipinski definition) is 6. The molecule has 0 aliphatic rings. The molecule has 0 saturated heterocycles. The van der Waals surface area contributed by atoms with Crippen LogP contribution in [-0.2, 0) is 0 Å². The van der Waals surface area contributed by atoms with Crippen LogP contribution < -0.4 is 10.5 Å². The molecule has 18 heavy (non-hydrogen) atoms. The van der Waals surface area contributed by atoms with Gasteiger partial charge in [-0.2, -0.15) is 0 Å². The minimum absolute atomic E-state index is 0.0278. The summed E-state index contributed by atoms with van der Waals surface area (Å²) in [5.41, 5.74) is 5.35. The molecule has 2 aromatic rings. The molecule has 0 bridgehead atoms. The standard InChI is InChI=1S/C10H7ClN4O3/c11-7-5-6(1-2-8(7)15(16)17)18-10-9(12)13-3-4-14-10/h1-5H,(H2,12,13). The van der Waals surface area contributed by atoms with E-state index in [9.17, 15) is 10.1 Å². The fraction of sp³-hybridized carbons (Fsp3) is 0. The first kappa shape index (κ1) is 12.1. The lowest BCUT2D eigenvalue weighted by Gasteiger charge is -2.06. The number of nitro groups is 1. The monoisotopic (exact) mass is 266 g/mol. The van der Waals surface area contributed by atoms with Crippen molar-refractivity contribution >= 4 is 23.1 Å². The first-order chi connectivity index (χ1) is 8.58. The second-order valence-corrected chi connectivity index (χ2v) is 3.63. The highest BCUT2D eigenvalue weighted by molar-refractivity contribution is 6.32. The van der Waals surface area contributed by atoms with Crippen LogP contribution in [0.2, 0.25) is 5.02 Å². The molecule has 0 radical (unpaired) electrons. The quantitative estimate of drug-likeness (QED) is 0.676. The van der Waals surface area contributed by atoms with Gasteiger partial charge in [-0.1, -0.05) is 11.6 Å². The number of nitrogens with zero attached hydrogens (tertiary/aromatic N) is 3. The van der Waals surface area contributed by atoms with E-state index in [1.807, 2.05) is 0 Å². The maximum atomic E-state index is 10.6. The highest BCUT2D eigenvalue weighted by Crippen LogP contribution is 2.31. The van der Waals surface area contributed by atoms with Crippen molar-refractivity contribution < 1.29 is 9.66 Å². The molecule has 1 aromatic heterocycles. The van der Waals surface area contributed by atoms with Crippen molar-refractivity contribution in [3.8, 4) is 11.6 Å². The molecule has 1 heterocycles. The van der Waals surface area contributed by atoms with Gasteiger partial charge in [0.25, 0.3) is 11.6 Å². The number of nitrogen functional groups attached to an aromatic ring is 1. The summed E-state index contributed by atoms with van der Waals surface area (Å²) < 4.78 is 5.32. The summed E-state index contributed by atoms with van der Waals surface area (Å²) >= 11 is 5.74. The molecule has 0 unspecified atom stereocenters. The number of ether oxygens (including phenoxy) is 1. The molecule has 0 fully saturated rings. The van der Waals surface area contributed by atoms with Crippen LogP contribution in [0.25, 0.3) is 0 Å². The maximum absolute atomic E-state index is 10.6. The average Bonchev–Trinajstić information content (AvgIpc) is 2.32. The predicted molar refractivity (Wildman–Crippen MR) is 64.6 cm³/mol. The minimum atomic E-state index is -0.581. The Morgan fingerprint density at radius 1 is 1.33 bits per heavy atom. The van der Waals surface area contributed by atoms with Crippen LogP contribution in [0.5, 0.6) is 11.6 Å². The smallest absolute Gasteiger partial charge is 0.288 e. The summed E-state index contributed by atoms with van der Waals surface area (Å²) in [4.78, 5) is 17.7. The second kappa shape index (κ2) is 4.84. The molecule has 0 atom stereocenters. The predicted octanol–water partition coefficient (Wildman–Crippen LogP) is 2.41. The van der Waals surface area contributed by atoms with E-state index in [0.717, 1.165) is 0 Å². The summed E-state index contributed by atoms with van der Waals surface area (Å²) in [5.74, 6) is 0.521. The minimum Gasteiger partial charge on any atom is -0.436 e. The zero-order chi connectivity index (χ0) is 13.1. The fourth-order valence-electron chi connectivity index (χ4n) is 1.23. The maximum Gasteiger partial charge on any atom is 0.288 e. The van der Waals surface area contributed by atoms with E-state index < -0.39 is 4.92 Å². The topological polar surface area (TPSA) is 104 Å². The molecule has 0 saturated carbocycles. The van der Waals surface area contributed by atoms with Crippen molar-refractivity contribution in [2.75, 3.05) is 5.73 Å². The molecule has 2 N–H and O–H groups in total. The molecule has 0 spiro atoms. The van der Waals surface area contributed by atoms with Crippen molar-refractivity contribution in [1.82, 2.24) is 9.97 Å². The van der Waals surface area contributed by atoms with Crippen LogP contribution in [-0.4, -0.2) is 14.9 Å². The number of benzene rings is 1. The molecular formula is C10H7ClN4O3. The Hall–Kier alpha value is -2.41. The van der Waals surface area contributed by atoms with Gasteiger partial charge in [0.2, 0.25) is 0 Å². The highest BCUT2D eigenvalue weighted by Gasteiger charge is 2.13. The van der Waals surface area contributed by atoms with Crippen molar-refractivity contribution in [2.45, 2.75) is 0 Å². The summed E-state index contributed by atoms with van der Waals surface area (Å²) in [5, 5.41) is 10.6. The van der Waals surface area contributed by atoms with Gasteiger partial charge in [-0.25, -0.2) is 9.97 Å². The molecule has 0 aliphatic heterocycles. The Labute approximate surface area is 106 Å². The van der Waals surface area contributed by atoms with Crippen molar-refractivity contribution in [1.29, 1.82) is 0 Å². The van der Waals surface area contributed by atoms with Crippen LogP contribution in [0.4, 0.5) is 11.5 Å². The van der Waals surface area contributed by atoms with Crippen LogP contribution in [0.1, 0.15) is 0 Å². The third-order valence-corrected chi connectivity index (χ3v) is 2.32. The molecule has 0 amide bonds. The van der Waals surface area contributed by atoms with Gasteiger partial charge in [0.05, 0.1) is 4.92 Å². The van der Waals surface area contributed by atoms with E-state index in [-0.39, 0.29) is 28.2 Å². The Balaban J connectivity index is 2.29. The van der Waals surface area contributed by atoms with Crippen molar-refractivity contribution in [3.05, 3.63) is 45.7 Å². The number of nitrogens with two attached hydrogens (primary N) is 1. The molecule has 2 rings (SSSR count). The van der Waals surface area contributed by atoms with Crippen molar-refractivity contribution in [2.24, 2.45) is 0 Å². The number of hydrogen-bond donors (Lipinski definition) is 1. The molecule has 0 aliphatic carbocycles. The van der Waals surface area contributed by atoms with E-state index in [0.29, 0.717) is 0 Å². The summed E-state index contributed by atoms with van der Waals surface area (Å²) in [6, 6.07) is 3.95. The van der Waals surface area contributed by atoms with E-state index in [2.05, 4.69) is 9.97 Å². The Morgan fingerprint density at radius 3 is 2.67 bits per heavy atom. The molecule has 8 heteroatoms. The summed E-state index contributed by atoms with van der Waals surface area (Å²) in [6.45, 7) is 0. The van der Waals surface area contributed by atoms with E-state index >= 15 is 0 Å². The molecular weight excluding hydrogens is 260 g/mol. The van der Waals surface area contributed by atoms with Gasteiger partial charge < -0.3 is 10.5 Å². The normalized spacial score (nSPS) is 10.1. The zero-order valence-corrected chi connectivity index (χ0v) is 9.66. The Morgan fingerprint density at radius 2 is 2.06 bits per heavy atom. The molecule has 7 nitrogen and oxygen atoms in total. The van der Waals surface area contributed by atoms with Gasteiger partial charge in [0, 0.05) is 24.5 Å². The van der Waals surface area contributed by atoms with E-state index in [4.69, 9.17) is 22.1 Å². The SMILES string of the molecule is Nc1nccnc1Oc1ccc([N+](=O)[O-])c(Cl)c1. The molecule has 92 valence electrons. The lowest BCUT2D eigenvalue weighted by molar-refractivity contribution is -0.384. The van der Waals surface area contributed by atoms with E-state index in [1.165, 1.54) is 30.6 Å². The van der Waals surface area contributed by atoms with Crippen LogP contribution >= 0.6 is 11.6 Å². The Kier molecular flexibility index (Phi) is 3.24. The van der Waals surface area contributed by atoms with Gasteiger partial charge in [-0.3, -0.25) is 10.1 Å². The summed E-state index contributed by atoms with van der Waals surface area (Å²) in [7, 11) is 0. The lowest BCUT2D eigenvalue weighted by Crippen LogP contribution is -1.97. The summed E-state index contributed by atoms with van der Waals surface area (Å²) in [6.07, 6.45) is 2.84. The first-order valence-corrected chi connectivity index (χ1v) is 5.14. The number of anilines is 1. The van der Waals surface area contributed by atoms with Crippen LogP contribution in [0.15, 0.2) is 30.6 Å². The second-order valence-electron chi connectivity index (χ2n) is 3.22. The third-order valence-electron chi connectivity index (χ3n) is 2.02. The third kappa shape index (κ3) is 2.46. The number of halogens is 1. The largest absolute Gasteiger partial charge is 0.436 e. The highest BCUT2D eigenvalue weighted by atomic mass is 35.5. The molecule has 1 aromatic carbocycles. The van der Waals surface area contributed by atoms with Gasteiger partial charge in [-0.15, -0.1) is 0 Å². The van der Waals surface area contributed by atoms with Gasteiger partial charge in [0.1, 0.15) is 10.8 Å². The Bertz CT molecular complexity index is 605. The van der Waals surface area contributed by atoms with Crippen LogP contribution in [0, 0.1) is 10.1 Å². The lowest BCUT2D eigenvalue weighted by atomic mass is 10.3. The number of aromatic nitrogens is 2. The van der Waals surface area contributed by atoms with Crippen LogP contribution in [0.3, 0.4) is 0 Å². The van der Waals surface area contributed by atoms with Gasteiger partial charge in [-0.05, 0) is 6.07 Å². The average molecular weight is 267 g/mol. The number of rotatable bonds is 3. The van der Waals surface area contributed by atoms with E-state index in [1.54, 1.807) is 0 Å². The fourth-order valence-corrected chi connectivity index (χ4v) is 1.47. The number of nitro benzene ring substituents is 1. The first-order valence-electron chi connectivity index (χ1n) is 4.76. The van der Waals surface area contributed by atoms with Crippen molar-refractivity contribution in [3.63, 3.8) is 0 Å². The van der Waals surface area contributed by atoms with Gasteiger partial charge >= 0.3 is 0 Å². The zero-order valence-electron chi connectivity index (χ0n) is 8.91.